The minimum absolute atomic E-state index is 0.836. The molecule has 0 rings (SSSR count). The molecule has 0 aromatic rings. The molecule has 3 nitrogen and oxygen atoms in total. The molecule has 0 saturated carbocycles. The van der Waals surface area contributed by atoms with Crippen LogP contribution < -0.4 is 0 Å². The SMILES string of the molecule is C=COS(=O)[O-]. The van der Waals surface area contributed by atoms with Crippen LogP contribution >= 0.6 is 0 Å². The van der Waals surface area contributed by atoms with Gasteiger partial charge in [0.1, 0.15) is 11.4 Å². The third-order valence-corrected chi connectivity index (χ3v) is 0.440. The zero-order valence-corrected chi connectivity index (χ0v) is 3.73. The quantitative estimate of drug-likeness (QED) is 0.367. The van der Waals surface area contributed by atoms with Gasteiger partial charge in [-0.1, -0.05) is 6.58 Å². The molecule has 0 fully saturated rings. The van der Waals surface area contributed by atoms with Gasteiger partial charge in [0.15, 0.2) is 0 Å². The monoisotopic (exact) mass is 107 g/mol. The summed E-state index contributed by atoms with van der Waals surface area (Å²) in [4.78, 5) is 0. The van der Waals surface area contributed by atoms with Crippen molar-refractivity contribution in [2.75, 3.05) is 0 Å². The fraction of sp³-hybridized carbons (Fsp3) is 0. The molecule has 0 aliphatic rings. The molecule has 36 valence electrons. The molecule has 4 heteroatoms. The van der Waals surface area contributed by atoms with Crippen molar-refractivity contribution < 1.29 is 12.9 Å². The van der Waals surface area contributed by atoms with Crippen molar-refractivity contribution in [1.82, 2.24) is 0 Å². The van der Waals surface area contributed by atoms with Crippen LogP contribution in [-0.4, -0.2) is 8.76 Å². The molecule has 0 aromatic carbocycles. The average Bonchev–Trinajstić information content (AvgIpc) is 1.35. The van der Waals surface area contributed by atoms with Gasteiger partial charge in [-0.2, -0.15) is 0 Å². The largest absolute Gasteiger partial charge is 0.740 e. The van der Waals surface area contributed by atoms with E-state index >= 15 is 0 Å². The van der Waals surface area contributed by atoms with E-state index in [1.807, 2.05) is 0 Å². The van der Waals surface area contributed by atoms with E-state index in [4.69, 9.17) is 0 Å². The summed E-state index contributed by atoms with van der Waals surface area (Å²) in [7, 11) is 0. The summed E-state index contributed by atoms with van der Waals surface area (Å²) in [5.41, 5.74) is 0. The van der Waals surface area contributed by atoms with Crippen LogP contribution in [0.25, 0.3) is 0 Å². The van der Waals surface area contributed by atoms with E-state index in [0.717, 1.165) is 6.26 Å². The van der Waals surface area contributed by atoms with Crippen molar-refractivity contribution in [2.45, 2.75) is 0 Å². The second kappa shape index (κ2) is 2.87. The Balaban J connectivity index is 3.05. The molecular weight excluding hydrogens is 104 g/mol. The normalized spacial score (nSPS) is 12.8. The molecule has 1 atom stereocenters. The molecule has 0 amide bonds. The van der Waals surface area contributed by atoms with E-state index in [1.54, 1.807) is 0 Å². The van der Waals surface area contributed by atoms with Crippen LogP contribution in [0.1, 0.15) is 0 Å². The van der Waals surface area contributed by atoms with Crippen LogP contribution in [0.5, 0.6) is 0 Å². The van der Waals surface area contributed by atoms with Crippen LogP contribution in [0.15, 0.2) is 12.8 Å². The average molecular weight is 107 g/mol. The zero-order valence-electron chi connectivity index (χ0n) is 2.92. The molecule has 0 spiro atoms. The van der Waals surface area contributed by atoms with Crippen molar-refractivity contribution in [2.24, 2.45) is 0 Å². The first-order valence-electron chi connectivity index (χ1n) is 1.14. The number of hydrogen-bond donors (Lipinski definition) is 0. The van der Waals surface area contributed by atoms with Crippen molar-refractivity contribution in [3.05, 3.63) is 12.8 Å². The lowest BCUT2D eigenvalue weighted by Gasteiger charge is -1.97. The lowest BCUT2D eigenvalue weighted by molar-refractivity contribution is 0.406. The molecule has 1 unspecified atom stereocenters. The highest BCUT2D eigenvalue weighted by Gasteiger charge is 1.63. The van der Waals surface area contributed by atoms with E-state index < -0.39 is 11.4 Å². The number of rotatable bonds is 2. The molecule has 6 heavy (non-hydrogen) atoms. The predicted octanol–water partition coefficient (Wildman–Crippen LogP) is -0.0594. The second-order valence-corrected chi connectivity index (χ2v) is 1.07. The Morgan fingerprint density at radius 1 is 2.00 bits per heavy atom. The molecule has 0 N–H and O–H groups in total. The van der Waals surface area contributed by atoms with Gasteiger partial charge in [0, 0.05) is 0 Å². The van der Waals surface area contributed by atoms with E-state index in [9.17, 15) is 8.76 Å². The fourth-order valence-electron chi connectivity index (χ4n) is 0.0556. The minimum atomic E-state index is -2.43. The lowest BCUT2D eigenvalue weighted by Crippen LogP contribution is -1.84. The first kappa shape index (κ1) is 5.65. The highest BCUT2D eigenvalue weighted by atomic mass is 32.2. The molecule has 0 saturated heterocycles. The van der Waals surface area contributed by atoms with Gasteiger partial charge in [0.2, 0.25) is 0 Å². The third kappa shape index (κ3) is 3.65. The van der Waals surface area contributed by atoms with Gasteiger partial charge in [-0.25, -0.2) is 4.21 Å². The molecule has 0 bridgehead atoms. The van der Waals surface area contributed by atoms with Crippen LogP contribution in [0, 0.1) is 0 Å². The first-order chi connectivity index (χ1) is 2.77. The topological polar surface area (TPSA) is 49.4 Å². The van der Waals surface area contributed by atoms with Crippen LogP contribution in [0.4, 0.5) is 0 Å². The summed E-state index contributed by atoms with van der Waals surface area (Å²) in [6, 6.07) is 0. The summed E-state index contributed by atoms with van der Waals surface area (Å²) in [6.07, 6.45) is 0.836. The summed E-state index contributed by atoms with van der Waals surface area (Å²) in [5, 5.41) is 0. The Hall–Kier alpha value is -0.350. The maximum Gasteiger partial charge on any atom is 0.138 e. The van der Waals surface area contributed by atoms with Crippen molar-refractivity contribution in [3.63, 3.8) is 0 Å². The third-order valence-electron chi connectivity index (χ3n) is 0.147. The highest BCUT2D eigenvalue weighted by Crippen LogP contribution is 1.73. The fourth-order valence-corrected chi connectivity index (χ4v) is 0.167. The van der Waals surface area contributed by atoms with Gasteiger partial charge in [-0.15, -0.1) is 0 Å². The Labute approximate surface area is 38.1 Å². The smallest absolute Gasteiger partial charge is 0.138 e. The standard InChI is InChI=1S/C2H4O3S/c1-2-5-6(3)4/h2H,1H2,(H,3,4)/p-1. The van der Waals surface area contributed by atoms with Crippen molar-refractivity contribution in [1.29, 1.82) is 0 Å². The first-order valence-corrected chi connectivity index (χ1v) is 2.14. The maximum atomic E-state index is 9.31. The summed E-state index contributed by atoms with van der Waals surface area (Å²) in [6.45, 7) is 2.99. The summed E-state index contributed by atoms with van der Waals surface area (Å²) >= 11 is -2.43. The highest BCUT2D eigenvalue weighted by molar-refractivity contribution is 7.74. The van der Waals surface area contributed by atoms with Crippen LogP contribution in [0.2, 0.25) is 0 Å². The maximum absolute atomic E-state index is 9.31. The van der Waals surface area contributed by atoms with Gasteiger partial charge in [0.25, 0.3) is 0 Å². The van der Waals surface area contributed by atoms with Gasteiger partial charge >= 0.3 is 0 Å². The van der Waals surface area contributed by atoms with Crippen molar-refractivity contribution in [3.8, 4) is 0 Å². The molecule has 0 aromatic heterocycles. The number of hydrogen-bond acceptors (Lipinski definition) is 3. The summed E-state index contributed by atoms with van der Waals surface area (Å²) in [5.74, 6) is 0. The van der Waals surface area contributed by atoms with Gasteiger partial charge < -0.3 is 8.74 Å². The molecule has 0 radical (unpaired) electrons. The van der Waals surface area contributed by atoms with E-state index in [2.05, 4.69) is 10.8 Å². The molecule has 0 heterocycles. The Morgan fingerprint density at radius 2 is 2.50 bits per heavy atom. The Kier molecular flexibility index (Phi) is 2.70. The second-order valence-electron chi connectivity index (χ2n) is 0.467. The van der Waals surface area contributed by atoms with Crippen molar-refractivity contribution >= 4 is 11.4 Å². The zero-order chi connectivity index (χ0) is 4.99. The molecule has 0 aliphatic heterocycles. The van der Waals surface area contributed by atoms with Gasteiger partial charge in [-0.3, -0.25) is 0 Å². The molecule has 0 aliphatic carbocycles. The Bertz CT molecular complexity index is 69.2. The van der Waals surface area contributed by atoms with E-state index in [-0.39, 0.29) is 0 Å². The van der Waals surface area contributed by atoms with Crippen LogP contribution in [0.3, 0.4) is 0 Å². The lowest BCUT2D eigenvalue weighted by atomic mass is 11.2. The molecular formula is C2H3O3S-. The predicted molar refractivity (Wildman–Crippen MR) is 20.2 cm³/mol. The van der Waals surface area contributed by atoms with Gasteiger partial charge in [-0.05, 0) is 0 Å². The van der Waals surface area contributed by atoms with Crippen LogP contribution in [-0.2, 0) is 15.5 Å². The van der Waals surface area contributed by atoms with E-state index in [1.165, 1.54) is 0 Å². The minimum Gasteiger partial charge on any atom is -0.740 e. The van der Waals surface area contributed by atoms with E-state index in [0.29, 0.717) is 0 Å². The van der Waals surface area contributed by atoms with Gasteiger partial charge in [0.05, 0.1) is 6.26 Å². The summed E-state index contributed by atoms with van der Waals surface area (Å²) < 4.78 is 22.3. The Morgan fingerprint density at radius 3 is 2.50 bits per heavy atom.